The van der Waals surface area contributed by atoms with Crippen molar-refractivity contribution in [1.82, 2.24) is 20.2 Å². The molecule has 4 heterocycles. The summed E-state index contributed by atoms with van der Waals surface area (Å²) in [5.74, 6) is 2.37. The molecule has 2 aromatic rings. The fraction of sp³-hybridized carbons (Fsp3) is 0.476. The van der Waals surface area contributed by atoms with Gasteiger partial charge in [-0.2, -0.15) is 0 Å². The van der Waals surface area contributed by atoms with Gasteiger partial charge < -0.3 is 19.7 Å². The average molecular weight is 380 g/mol. The zero-order valence-corrected chi connectivity index (χ0v) is 15.8. The molecule has 7 nitrogen and oxygen atoms in total. The molecule has 1 N–H and O–H groups in total. The molecule has 146 valence electrons. The standard InChI is InChI=1S/C21H24N4O3/c26-20(11-14-3-4-18-19(10-14)28-9-8-27-18)25-7-1-2-17(25)21-23-13-15-12-22-6-5-16(15)24-21/h3-4,10,13,17,22H,1-2,5-9,11-12H2. The van der Waals surface area contributed by atoms with Crippen LogP contribution in [0, 0.1) is 0 Å². The topological polar surface area (TPSA) is 76.6 Å². The summed E-state index contributed by atoms with van der Waals surface area (Å²) >= 11 is 0. The number of fused-ring (bicyclic) bond motifs is 2. The number of nitrogens with zero attached hydrogens (tertiary/aromatic N) is 3. The lowest BCUT2D eigenvalue weighted by Crippen LogP contribution is -2.33. The van der Waals surface area contributed by atoms with Gasteiger partial charge in [0.1, 0.15) is 13.2 Å². The van der Waals surface area contributed by atoms with E-state index in [1.165, 1.54) is 5.56 Å². The number of carbonyl (C=O) groups excluding carboxylic acids is 1. The molecule has 1 atom stereocenters. The van der Waals surface area contributed by atoms with Crippen LogP contribution in [0.25, 0.3) is 0 Å². The maximum absolute atomic E-state index is 13.0. The summed E-state index contributed by atoms with van der Waals surface area (Å²) in [6.45, 7) is 3.64. The van der Waals surface area contributed by atoms with E-state index >= 15 is 0 Å². The van der Waals surface area contributed by atoms with E-state index in [9.17, 15) is 4.79 Å². The first-order valence-corrected chi connectivity index (χ1v) is 10.0. The number of benzene rings is 1. The van der Waals surface area contributed by atoms with Gasteiger partial charge in [-0.15, -0.1) is 0 Å². The lowest BCUT2D eigenvalue weighted by Gasteiger charge is -2.25. The van der Waals surface area contributed by atoms with E-state index in [2.05, 4.69) is 10.3 Å². The van der Waals surface area contributed by atoms with Crippen molar-refractivity contribution in [1.29, 1.82) is 0 Å². The Kier molecular flexibility index (Phi) is 4.60. The molecule has 1 amide bonds. The van der Waals surface area contributed by atoms with E-state index < -0.39 is 0 Å². The van der Waals surface area contributed by atoms with Crippen LogP contribution in [0.15, 0.2) is 24.4 Å². The summed E-state index contributed by atoms with van der Waals surface area (Å²) in [7, 11) is 0. The van der Waals surface area contributed by atoms with Crippen LogP contribution in [-0.2, 0) is 24.2 Å². The quantitative estimate of drug-likeness (QED) is 0.875. The van der Waals surface area contributed by atoms with Gasteiger partial charge in [-0.1, -0.05) is 6.07 Å². The highest BCUT2D eigenvalue weighted by atomic mass is 16.6. The van der Waals surface area contributed by atoms with Gasteiger partial charge in [-0.05, 0) is 30.5 Å². The predicted octanol–water partition coefficient (Wildman–Crippen LogP) is 1.80. The van der Waals surface area contributed by atoms with Crippen LogP contribution in [0.2, 0.25) is 0 Å². The van der Waals surface area contributed by atoms with Gasteiger partial charge in [-0.25, -0.2) is 9.97 Å². The van der Waals surface area contributed by atoms with Crippen LogP contribution in [0.3, 0.4) is 0 Å². The van der Waals surface area contributed by atoms with Gasteiger partial charge in [0.15, 0.2) is 17.3 Å². The zero-order chi connectivity index (χ0) is 18.9. The van der Waals surface area contributed by atoms with Crippen molar-refractivity contribution in [2.75, 3.05) is 26.3 Å². The Bertz CT molecular complexity index is 901. The molecule has 5 rings (SSSR count). The number of likely N-dealkylation sites (tertiary alicyclic amines) is 1. The number of rotatable bonds is 3. The number of ether oxygens (including phenoxy) is 2. The Morgan fingerprint density at radius 2 is 2.14 bits per heavy atom. The smallest absolute Gasteiger partial charge is 0.227 e. The summed E-state index contributed by atoms with van der Waals surface area (Å²) < 4.78 is 11.2. The molecule has 3 aliphatic rings. The van der Waals surface area contributed by atoms with Crippen molar-refractivity contribution in [3.8, 4) is 11.5 Å². The summed E-state index contributed by atoms with van der Waals surface area (Å²) in [6, 6.07) is 5.72. The van der Waals surface area contributed by atoms with E-state index in [-0.39, 0.29) is 11.9 Å². The van der Waals surface area contributed by atoms with Crippen LogP contribution in [0.1, 0.15) is 41.5 Å². The van der Waals surface area contributed by atoms with Gasteiger partial charge in [0, 0.05) is 43.5 Å². The first-order valence-electron chi connectivity index (χ1n) is 10.0. The normalized spacial score (nSPS) is 20.7. The SMILES string of the molecule is O=C(Cc1ccc2c(c1)OCCO2)N1CCCC1c1ncc2c(n1)CCNC2. The second-order valence-corrected chi connectivity index (χ2v) is 7.53. The average Bonchev–Trinajstić information content (AvgIpc) is 3.23. The molecular weight excluding hydrogens is 356 g/mol. The number of nitrogens with one attached hydrogen (secondary N) is 1. The number of aromatic nitrogens is 2. The fourth-order valence-corrected chi connectivity index (χ4v) is 4.22. The third-order valence-electron chi connectivity index (χ3n) is 5.66. The van der Waals surface area contributed by atoms with E-state index in [0.29, 0.717) is 19.6 Å². The van der Waals surface area contributed by atoms with Crippen molar-refractivity contribution in [2.24, 2.45) is 0 Å². The molecule has 0 aliphatic carbocycles. The summed E-state index contributed by atoms with van der Waals surface area (Å²) in [5.41, 5.74) is 3.23. The monoisotopic (exact) mass is 380 g/mol. The maximum atomic E-state index is 13.0. The van der Waals surface area contributed by atoms with Crippen molar-refractivity contribution in [3.05, 3.63) is 47.0 Å². The molecule has 7 heteroatoms. The van der Waals surface area contributed by atoms with E-state index in [1.807, 2.05) is 29.3 Å². The largest absolute Gasteiger partial charge is 0.486 e. The minimum Gasteiger partial charge on any atom is -0.486 e. The van der Waals surface area contributed by atoms with Gasteiger partial charge in [0.25, 0.3) is 0 Å². The summed E-state index contributed by atoms with van der Waals surface area (Å²) in [5, 5.41) is 3.34. The third-order valence-corrected chi connectivity index (χ3v) is 5.66. The Labute approximate surface area is 164 Å². The number of amides is 1. The molecule has 3 aliphatic heterocycles. The van der Waals surface area contributed by atoms with Gasteiger partial charge in [-0.3, -0.25) is 4.79 Å². The van der Waals surface area contributed by atoms with E-state index in [1.54, 1.807) is 0 Å². The molecule has 1 aromatic heterocycles. The second kappa shape index (κ2) is 7.39. The minimum absolute atomic E-state index is 0.0232. The van der Waals surface area contributed by atoms with Crippen molar-refractivity contribution in [3.63, 3.8) is 0 Å². The molecule has 1 unspecified atom stereocenters. The van der Waals surface area contributed by atoms with Crippen LogP contribution in [0.4, 0.5) is 0 Å². The fourth-order valence-electron chi connectivity index (χ4n) is 4.22. The molecular formula is C21H24N4O3. The Balaban J connectivity index is 1.33. The number of carbonyl (C=O) groups is 1. The van der Waals surface area contributed by atoms with E-state index in [4.69, 9.17) is 14.5 Å². The van der Waals surface area contributed by atoms with Crippen molar-refractivity contribution < 1.29 is 14.3 Å². The second-order valence-electron chi connectivity index (χ2n) is 7.53. The first-order chi connectivity index (χ1) is 13.8. The third kappa shape index (κ3) is 3.30. The molecule has 0 bridgehead atoms. The Hall–Kier alpha value is -2.67. The van der Waals surface area contributed by atoms with Crippen molar-refractivity contribution >= 4 is 5.91 Å². The zero-order valence-electron chi connectivity index (χ0n) is 15.8. The molecule has 0 radical (unpaired) electrons. The predicted molar refractivity (Wildman–Crippen MR) is 102 cm³/mol. The molecule has 1 aromatic carbocycles. The highest BCUT2D eigenvalue weighted by Gasteiger charge is 2.32. The molecule has 1 fully saturated rings. The number of hydrogen-bond donors (Lipinski definition) is 1. The molecule has 1 saturated heterocycles. The molecule has 28 heavy (non-hydrogen) atoms. The highest BCUT2D eigenvalue weighted by molar-refractivity contribution is 5.79. The van der Waals surface area contributed by atoms with E-state index in [0.717, 1.165) is 67.5 Å². The van der Waals surface area contributed by atoms with Crippen LogP contribution in [-0.4, -0.2) is 47.1 Å². The van der Waals surface area contributed by atoms with Gasteiger partial charge in [0.2, 0.25) is 5.91 Å². The Morgan fingerprint density at radius 3 is 3.07 bits per heavy atom. The molecule has 0 saturated carbocycles. The Morgan fingerprint density at radius 1 is 1.25 bits per heavy atom. The van der Waals surface area contributed by atoms with Gasteiger partial charge in [0.05, 0.1) is 12.5 Å². The minimum atomic E-state index is -0.0232. The maximum Gasteiger partial charge on any atom is 0.227 e. The van der Waals surface area contributed by atoms with Crippen LogP contribution >= 0.6 is 0 Å². The number of hydrogen-bond acceptors (Lipinski definition) is 6. The lowest BCUT2D eigenvalue weighted by atomic mass is 10.1. The lowest BCUT2D eigenvalue weighted by molar-refractivity contribution is -0.131. The molecule has 0 spiro atoms. The highest BCUT2D eigenvalue weighted by Crippen LogP contribution is 2.33. The summed E-state index contributed by atoms with van der Waals surface area (Å²) in [4.78, 5) is 24.4. The van der Waals surface area contributed by atoms with Crippen molar-refractivity contribution in [2.45, 2.75) is 38.3 Å². The van der Waals surface area contributed by atoms with Crippen LogP contribution < -0.4 is 14.8 Å². The first kappa shape index (κ1) is 17.4. The van der Waals surface area contributed by atoms with Gasteiger partial charge >= 0.3 is 0 Å². The van der Waals surface area contributed by atoms with Crippen LogP contribution in [0.5, 0.6) is 11.5 Å². The summed E-state index contributed by atoms with van der Waals surface area (Å²) in [6.07, 6.45) is 5.10.